The van der Waals surface area contributed by atoms with Crippen molar-refractivity contribution in [3.63, 3.8) is 0 Å². The fourth-order valence-corrected chi connectivity index (χ4v) is 6.19. The number of amides is 1. The molecule has 1 aromatic heterocycles. The summed E-state index contributed by atoms with van der Waals surface area (Å²) in [5, 5.41) is 2.89. The minimum atomic E-state index is -3.50. The second kappa shape index (κ2) is 10.5. The number of alkyl carbamates (subject to hydrolysis) is 1. The number of carbonyl (C=O) groups excluding carboxylic acids is 1. The lowest BCUT2D eigenvalue weighted by Crippen LogP contribution is -2.52. The van der Waals surface area contributed by atoms with Gasteiger partial charge in [-0.1, -0.05) is 6.92 Å². The number of nitrogens with zero attached hydrogens (tertiary/aromatic N) is 3. The van der Waals surface area contributed by atoms with Crippen molar-refractivity contribution < 1.29 is 31.5 Å². The molecule has 2 aromatic rings. The third-order valence-electron chi connectivity index (χ3n) is 6.78. The number of halogens is 2. The first kappa shape index (κ1) is 28.4. The van der Waals surface area contributed by atoms with E-state index in [0.717, 1.165) is 23.9 Å². The SMILES string of the molecule is CCS(=O)(=O)c1nc2c(n1C(C)C)CN([C@H]1CO[C@H](c3cc(F)ccc3F)[C@@H](NC(=O)OC(C)(C)C)C1)C2. The van der Waals surface area contributed by atoms with Crippen LogP contribution in [0.4, 0.5) is 13.6 Å². The van der Waals surface area contributed by atoms with Gasteiger partial charge in [0.25, 0.3) is 0 Å². The van der Waals surface area contributed by atoms with Gasteiger partial charge in [0.1, 0.15) is 23.3 Å². The summed E-state index contributed by atoms with van der Waals surface area (Å²) < 4.78 is 67.3. The number of fused-ring (bicyclic) bond motifs is 1. The quantitative estimate of drug-likeness (QED) is 0.569. The molecule has 0 aliphatic carbocycles. The number of sulfone groups is 1. The normalized spacial score (nSPS) is 22.5. The summed E-state index contributed by atoms with van der Waals surface area (Å²) in [7, 11) is -3.50. The van der Waals surface area contributed by atoms with Crippen molar-refractivity contribution in [1.29, 1.82) is 0 Å². The van der Waals surface area contributed by atoms with Crippen molar-refractivity contribution in [2.75, 3.05) is 12.4 Å². The zero-order chi connectivity index (χ0) is 28.0. The molecule has 1 saturated heterocycles. The van der Waals surface area contributed by atoms with E-state index in [9.17, 15) is 22.0 Å². The molecule has 0 spiro atoms. The second-order valence-electron chi connectivity index (χ2n) is 11.1. The van der Waals surface area contributed by atoms with Crippen LogP contribution in [0.5, 0.6) is 0 Å². The standard InChI is InChI=1S/C26H36F2N4O5S/c1-7-38(34,35)24-29-21-12-31(13-22(21)32(24)15(2)3)17-11-20(30-25(33)37-26(4,5)6)23(36-14-17)18-10-16(27)8-9-19(18)28/h8-10,15,17,20,23H,7,11-14H2,1-6H3,(H,30,33)/t17-,20+,23-/m1/s1. The van der Waals surface area contributed by atoms with Gasteiger partial charge in [0.05, 0.1) is 29.8 Å². The van der Waals surface area contributed by atoms with Gasteiger partial charge in [0, 0.05) is 30.7 Å². The third-order valence-corrected chi connectivity index (χ3v) is 8.39. The van der Waals surface area contributed by atoms with Gasteiger partial charge < -0.3 is 19.4 Å². The van der Waals surface area contributed by atoms with E-state index in [1.807, 2.05) is 13.8 Å². The van der Waals surface area contributed by atoms with E-state index < -0.39 is 45.3 Å². The molecule has 2 aliphatic heterocycles. The van der Waals surface area contributed by atoms with Crippen LogP contribution in [0, 0.1) is 11.6 Å². The van der Waals surface area contributed by atoms with Crippen LogP contribution in [0.1, 0.15) is 77.1 Å². The number of nitrogens with one attached hydrogen (secondary N) is 1. The number of hydrogen-bond acceptors (Lipinski definition) is 7. The Kier molecular flexibility index (Phi) is 7.89. The average molecular weight is 555 g/mol. The van der Waals surface area contributed by atoms with Crippen LogP contribution in [0.2, 0.25) is 0 Å². The van der Waals surface area contributed by atoms with Gasteiger partial charge in [-0.15, -0.1) is 0 Å². The van der Waals surface area contributed by atoms with Gasteiger partial charge in [0.2, 0.25) is 15.0 Å². The highest BCUT2D eigenvalue weighted by Crippen LogP contribution is 2.36. The predicted molar refractivity (Wildman–Crippen MR) is 136 cm³/mol. The monoisotopic (exact) mass is 554 g/mol. The Labute approximate surface area is 222 Å². The molecule has 1 aromatic carbocycles. The lowest BCUT2D eigenvalue weighted by molar-refractivity contribution is -0.0631. The zero-order valence-corrected chi connectivity index (χ0v) is 23.4. The first-order chi connectivity index (χ1) is 17.7. The summed E-state index contributed by atoms with van der Waals surface area (Å²) in [6.07, 6.45) is -1.21. The van der Waals surface area contributed by atoms with Gasteiger partial charge in [-0.05, 0) is 59.2 Å². The topological polar surface area (TPSA) is 103 Å². The number of benzene rings is 1. The molecule has 2 aliphatic rings. The van der Waals surface area contributed by atoms with Gasteiger partial charge in [-0.3, -0.25) is 4.90 Å². The summed E-state index contributed by atoms with van der Waals surface area (Å²) in [4.78, 5) is 19.3. The summed E-state index contributed by atoms with van der Waals surface area (Å²) in [6.45, 7) is 11.7. The molecule has 0 radical (unpaired) electrons. The Morgan fingerprint density at radius 3 is 2.61 bits per heavy atom. The minimum absolute atomic E-state index is 0.0246. The number of hydrogen-bond donors (Lipinski definition) is 1. The molecule has 4 rings (SSSR count). The maximum absolute atomic E-state index is 14.7. The molecule has 3 heterocycles. The van der Waals surface area contributed by atoms with Crippen molar-refractivity contribution >= 4 is 15.9 Å². The van der Waals surface area contributed by atoms with Crippen LogP contribution in [0.15, 0.2) is 23.4 Å². The molecule has 0 saturated carbocycles. The van der Waals surface area contributed by atoms with Gasteiger partial charge in [-0.25, -0.2) is 27.0 Å². The molecule has 1 fully saturated rings. The van der Waals surface area contributed by atoms with Crippen LogP contribution >= 0.6 is 0 Å². The van der Waals surface area contributed by atoms with Crippen LogP contribution in [0.3, 0.4) is 0 Å². The van der Waals surface area contributed by atoms with E-state index in [1.54, 1.807) is 32.3 Å². The molecular weight excluding hydrogens is 518 g/mol. The molecule has 9 nitrogen and oxygen atoms in total. The average Bonchev–Trinajstić information content (AvgIpc) is 3.38. The summed E-state index contributed by atoms with van der Waals surface area (Å²) in [6, 6.07) is 2.17. The number of aromatic nitrogens is 2. The highest BCUT2D eigenvalue weighted by atomic mass is 32.2. The van der Waals surface area contributed by atoms with Crippen molar-refractivity contribution in [3.8, 4) is 0 Å². The van der Waals surface area contributed by atoms with E-state index in [2.05, 4.69) is 15.2 Å². The van der Waals surface area contributed by atoms with E-state index >= 15 is 0 Å². The summed E-state index contributed by atoms with van der Waals surface area (Å²) in [5.74, 6) is -1.27. The van der Waals surface area contributed by atoms with Crippen LogP contribution in [-0.4, -0.2) is 59.0 Å². The van der Waals surface area contributed by atoms with E-state index in [1.165, 1.54) is 0 Å². The molecular formula is C26H36F2N4O5S. The van der Waals surface area contributed by atoms with Crippen molar-refractivity contribution in [1.82, 2.24) is 19.8 Å². The Morgan fingerprint density at radius 1 is 1.26 bits per heavy atom. The molecule has 12 heteroatoms. The fraction of sp³-hybridized carbons (Fsp3) is 0.615. The minimum Gasteiger partial charge on any atom is -0.444 e. The highest BCUT2D eigenvalue weighted by molar-refractivity contribution is 7.91. The molecule has 3 atom stereocenters. The number of ether oxygens (including phenoxy) is 2. The maximum atomic E-state index is 14.7. The molecule has 210 valence electrons. The molecule has 38 heavy (non-hydrogen) atoms. The second-order valence-corrected chi connectivity index (χ2v) is 13.3. The van der Waals surface area contributed by atoms with Crippen LogP contribution in [0.25, 0.3) is 0 Å². The zero-order valence-electron chi connectivity index (χ0n) is 22.6. The van der Waals surface area contributed by atoms with Crippen LogP contribution < -0.4 is 5.32 Å². The highest BCUT2D eigenvalue weighted by Gasteiger charge is 2.41. The first-order valence-corrected chi connectivity index (χ1v) is 14.5. The Morgan fingerprint density at radius 2 is 1.97 bits per heavy atom. The van der Waals surface area contributed by atoms with E-state index in [4.69, 9.17) is 9.47 Å². The molecule has 0 bridgehead atoms. The molecule has 0 unspecified atom stereocenters. The molecule has 1 N–H and O–H groups in total. The van der Waals surface area contributed by atoms with E-state index in [-0.39, 0.29) is 35.2 Å². The van der Waals surface area contributed by atoms with Gasteiger partial charge in [-0.2, -0.15) is 0 Å². The molecule has 1 amide bonds. The Bertz CT molecular complexity index is 1310. The maximum Gasteiger partial charge on any atom is 0.407 e. The third kappa shape index (κ3) is 5.86. The van der Waals surface area contributed by atoms with Gasteiger partial charge >= 0.3 is 6.09 Å². The number of carbonyl (C=O) groups is 1. The smallest absolute Gasteiger partial charge is 0.407 e. The van der Waals surface area contributed by atoms with Crippen molar-refractivity contribution in [2.24, 2.45) is 0 Å². The predicted octanol–water partition coefficient (Wildman–Crippen LogP) is 4.27. The lowest BCUT2D eigenvalue weighted by Gasteiger charge is -2.40. The lowest BCUT2D eigenvalue weighted by atomic mass is 9.92. The van der Waals surface area contributed by atoms with Gasteiger partial charge in [0.15, 0.2) is 0 Å². The summed E-state index contributed by atoms with van der Waals surface area (Å²) in [5.41, 5.74) is 0.812. The number of imidazole rings is 1. The number of rotatable bonds is 6. The largest absolute Gasteiger partial charge is 0.444 e. The van der Waals surface area contributed by atoms with Crippen molar-refractivity contribution in [2.45, 2.75) is 96.0 Å². The fourth-order valence-electron chi connectivity index (χ4n) is 5.07. The Hall–Kier alpha value is -2.57. The summed E-state index contributed by atoms with van der Waals surface area (Å²) >= 11 is 0. The van der Waals surface area contributed by atoms with Crippen LogP contribution in [-0.2, 0) is 32.4 Å². The Balaban J connectivity index is 1.58. The van der Waals surface area contributed by atoms with E-state index in [0.29, 0.717) is 25.2 Å². The van der Waals surface area contributed by atoms with Crippen molar-refractivity contribution in [3.05, 3.63) is 46.8 Å². The first-order valence-electron chi connectivity index (χ1n) is 12.8.